The highest BCUT2D eigenvalue weighted by Crippen LogP contribution is 2.35. The van der Waals surface area contributed by atoms with Crippen LogP contribution in [0, 0.1) is 12.8 Å². The number of carbonyl (C=O) groups excluding carboxylic acids is 1. The van der Waals surface area contributed by atoms with Crippen molar-refractivity contribution >= 4 is 42.1 Å². The van der Waals surface area contributed by atoms with Crippen LogP contribution in [0.2, 0.25) is 0 Å². The lowest BCUT2D eigenvalue weighted by Gasteiger charge is -2.21. The molecule has 0 aliphatic carbocycles. The number of nitrogens with zero attached hydrogens (tertiary/aromatic N) is 2. The van der Waals surface area contributed by atoms with E-state index in [2.05, 4.69) is 18.8 Å². The van der Waals surface area contributed by atoms with E-state index in [0.717, 1.165) is 22.7 Å². The van der Waals surface area contributed by atoms with Crippen molar-refractivity contribution in [3.8, 4) is 22.1 Å². The van der Waals surface area contributed by atoms with Crippen LogP contribution in [0.3, 0.4) is 0 Å². The van der Waals surface area contributed by atoms with Gasteiger partial charge in [0, 0.05) is 25.2 Å². The molecule has 0 saturated carbocycles. The second kappa shape index (κ2) is 12.2. The third-order valence-electron chi connectivity index (χ3n) is 4.62. The topological polar surface area (TPSA) is 77.7 Å². The van der Waals surface area contributed by atoms with Crippen LogP contribution in [-0.2, 0) is 0 Å². The Bertz CT molecular complexity index is 799. The largest absolute Gasteiger partial charge is 0.493 e. The van der Waals surface area contributed by atoms with Gasteiger partial charge >= 0.3 is 0 Å². The number of thiazole rings is 1. The quantitative estimate of drug-likeness (QED) is 0.626. The number of aromatic nitrogens is 1. The van der Waals surface area contributed by atoms with Gasteiger partial charge in [0.05, 0.1) is 19.9 Å². The first kappa shape index (κ1) is 27.5. The number of benzene rings is 1. The van der Waals surface area contributed by atoms with E-state index in [4.69, 9.17) is 15.2 Å². The Kier molecular flexibility index (Phi) is 11.6. The van der Waals surface area contributed by atoms with Crippen molar-refractivity contribution in [1.29, 1.82) is 0 Å². The van der Waals surface area contributed by atoms with Gasteiger partial charge in [0.2, 0.25) is 0 Å². The van der Waals surface area contributed by atoms with Gasteiger partial charge in [-0.2, -0.15) is 0 Å². The molecule has 6 nitrogen and oxygen atoms in total. The van der Waals surface area contributed by atoms with E-state index in [1.807, 2.05) is 32.2 Å². The third-order valence-corrected chi connectivity index (χ3v) is 5.82. The van der Waals surface area contributed by atoms with Crippen LogP contribution >= 0.6 is 36.2 Å². The lowest BCUT2D eigenvalue weighted by molar-refractivity contribution is 0.0793. The summed E-state index contributed by atoms with van der Waals surface area (Å²) >= 11 is 1.39. The molecule has 1 aromatic heterocycles. The van der Waals surface area contributed by atoms with Crippen molar-refractivity contribution in [2.45, 2.75) is 33.2 Å². The number of ether oxygens (including phenoxy) is 2. The summed E-state index contributed by atoms with van der Waals surface area (Å²) < 4.78 is 10.6. The van der Waals surface area contributed by atoms with Crippen molar-refractivity contribution in [2.24, 2.45) is 11.7 Å². The Hall–Kier alpha value is -1.54. The molecular weight excluding hydrogens is 433 g/mol. The molecule has 0 bridgehead atoms. The average Bonchev–Trinajstić information content (AvgIpc) is 3.05. The molecule has 2 rings (SSSR count). The average molecular weight is 464 g/mol. The molecule has 1 atom stereocenters. The summed E-state index contributed by atoms with van der Waals surface area (Å²) in [6, 6.07) is 5.71. The maximum Gasteiger partial charge on any atom is 0.265 e. The van der Waals surface area contributed by atoms with E-state index >= 15 is 0 Å². The molecule has 0 spiro atoms. The van der Waals surface area contributed by atoms with Gasteiger partial charge in [0.1, 0.15) is 9.88 Å². The lowest BCUT2D eigenvalue weighted by Crippen LogP contribution is -2.34. The molecular formula is C20H31Cl2N3O3S. The summed E-state index contributed by atoms with van der Waals surface area (Å²) in [5, 5.41) is 0.782. The Morgan fingerprint density at radius 1 is 1.21 bits per heavy atom. The molecule has 0 radical (unpaired) electrons. The molecule has 29 heavy (non-hydrogen) atoms. The summed E-state index contributed by atoms with van der Waals surface area (Å²) in [4.78, 5) is 19.8. The van der Waals surface area contributed by atoms with Crippen LogP contribution in [0.1, 0.15) is 35.6 Å². The highest BCUT2D eigenvalue weighted by atomic mass is 35.5. The van der Waals surface area contributed by atoms with Gasteiger partial charge < -0.3 is 20.1 Å². The van der Waals surface area contributed by atoms with Gasteiger partial charge in [-0.3, -0.25) is 4.79 Å². The fraction of sp³-hybridized carbons (Fsp3) is 0.500. The van der Waals surface area contributed by atoms with Crippen LogP contribution in [-0.4, -0.2) is 49.6 Å². The molecule has 0 aliphatic rings. The number of hydrogen-bond acceptors (Lipinski definition) is 6. The van der Waals surface area contributed by atoms with Gasteiger partial charge in [-0.1, -0.05) is 13.8 Å². The zero-order valence-corrected chi connectivity index (χ0v) is 20.2. The fourth-order valence-corrected chi connectivity index (χ4v) is 3.70. The van der Waals surface area contributed by atoms with Gasteiger partial charge in [0.25, 0.3) is 5.91 Å². The Morgan fingerprint density at radius 2 is 1.83 bits per heavy atom. The SMILES string of the molecule is COc1ccc(-c2nc(C)c(C(=O)N(C)CCC(N)C(C)C)s2)cc1OC.Cl.Cl. The van der Waals surface area contributed by atoms with Crippen molar-refractivity contribution in [3.63, 3.8) is 0 Å². The smallest absolute Gasteiger partial charge is 0.265 e. The molecule has 1 heterocycles. The standard InChI is InChI=1S/C20H29N3O3S.2ClH/c1-12(2)15(21)9-10-23(4)20(24)18-13(3)22-19(27-18)14-7-8-16(25-5)17(11-14)26-6;;/h7-8,11-12,15H,9-10,21H2,1-6H3;2*1H. The van der Waals surface area contributed by atoms with Gasteiger partial charge in [-0.05, 0) is 37.5 Å². The van der Waals surface area contributed by atoms with E-state index in [1.54, 1.807) is 19.1 Å². The first-order valence-corrected chi connectivity index (χ1v) is 9.81. The number of rotatable bonds is 8. The molecule has 164 valence electrons. The highest BCUT2D eigenvalue weighted by molar-refractivity contribution is 7.17. The zero-order chi connectivity index (χ0) is 20.1. The van der Waals surface area contributed by atoms with Gasteiger partial charge in [-0.25, -0.2) is 4.98 Å². The van der Waals surface area contributed by atoms with Crippen LogP contribution in [0.4, 0.5) is 0 Å². The molecule has 1 unspecified atom stereocenters. The Morgan fingerprint density at radius 3 is 2.38 bits per heavy atom. The monoisotopic (exact) mass is 463 g/mol. The fourth-order valence-electron chi connectivity index (χ4n) is 2.64. The number of hydrogen-bond donors (Lipinski definition) is 1. The second-order valence-electron chi connectivity index (χ2n) is 6.93. The van der Waals surface area contributed by atoms with Gasteiger partial charge in [-0.15, -0.1) is 36.2 Å². The molecule has 2 aromatic rings. The molecule has 0 aliphatic heterocycles. The number of amides is 1. The summed E-state index contributed by atoms with van der Waals surface area (Å²) in [5.41, 5.74) is 7.72. The predicted octanol–water partition coefficient (Wildman–Crippen LogP) is 4.42. The van der Waals surface area contributed by atoms with E-state index in [1.165, 1.54) is 11.3 Å². The van der Waals surface area contributed by atoms with Crippen molar-refractivity contribution in [1.82, 2.24) is 9.88 Å². The molecule has 2 N–H and O–H groups in total. The van der Waals surface area contributed by atoms with Crippen molar-refractivity contribution in [3.05, 3.63) is 28.8 Å². The molecule has 0 fully saturated rings. The minimum absolute atomic E-state index is 0. The van der Waals surface area contributed by atoms with Crippen molar-refractivity contribution < 1.29 is 14.3 Å². The molecule has 9 heteroatoms. The first-order valence-electron chi connectivity index (χ1n) is 8.99. The number of halogens is 2. The normalized spacial score (nSPS) is 11.3. The minimum Gasteiger partial charge on any atom is -0.493 e. The van der Waals surface area contributed by atoms with E-state index in [9.17, 15) is 4.79 Å². The summed E-state index contributed by atoms with van der Waals surface area (Å²) in [5.74, 6) is 1.67. The molecule has 1 amide bonds. The van der Waals surface area contributed by atoms with Crippen LogP contribution < -0.4 is 15.2 Å². The van der Waals surface area contributed by atoms with Gasteiger partial charge in [0.15, 0.2) is 11.5 Å². The van der Waals surface area contributed by atoms with Crippen LogP contribution in [0.5, 0.6) is 11.5 Å². The number of carbonyl (C=O) groups is 1. The molecule has 0 saturated heterocycles. The Balaban J connectivity index is 0.00000392. The van der Waals surface area contributed by atoms with E-state index < -0.39 is 0 Å². The first-order chi connectivity index (χ1) is 12.8. The highest BCUT2D eigenvalue weighted by Gasteiger charge is 2.21. The van der Waals surface area contributed by atoms with Crippen LogP contribution in [0.15, 0.2) is 18.2 Å². The lowest BCUT2D eigenvalue weighted by atomic mass is 10.0. The maximum absolute atomic E-state index is 12.8. The van der Waals surface area contributed by atoms with E-state index in [0.29, 0.717) is 28.8 Å². The summed E-state index contributed by atoms with van der Waals surface area (Å²) in [6.45, 7) is 6.67. The summed E-state index contributed by atoms with van der Waals surface area (Å²) in [7, 11) is 5.01. The molecule has 1 aromatic carbocycles. The minimum atomic E-state index is -0.0207. The second-order valence-corrected chi connectivity index (χ2v) is 7.93. The van der Waals surface area contributed by atoms with Crippen LogP contribution in [0.25, 0.3) is 10.6 Å². The predicted molar refractivity (Wildman–Crippen MR) is 124 cm³/mol. The van der Waals surface area contributed by atoms with E-state index in [-0.39, 0.29) is 36.8 Å². The third kappa shape index (κ3) is 6.74. The van der Waals surface area contributed by atoms with Crippen molar-refractivity contribution in [2.75, 3.05) is 27.8 Å². The number of nitrogens with two attached hydrogens (primary N) is 1. The number of aryl methyl sites for hydroxylation is 1. The maximum atomic E-state index is 12.8. The summed E-state index contributed by atoms with van der Waals surface area (Å²) in [6.07, 6.45) is 0.778. The zero-order valence-electron chi connectivity index (χ0n) is 17.7. The Labute approximate surface area is 189 Å². The number of methoxy groups -OCH3 is 2.